The van der Waals surface area contributed by atoms with Gasteiger partial charge >= 0.3 is 6.36 Å². The molecule has 1 unspecified atom stereocenters. The summed E-state index contributed by atoms with van der Waals surface area (Å²) in [5.41, 5.74) is 0.261. The van der Waals surface area contributed by atoms with Crippen LogP contribution in [0.2, 0.25) is 0 Å². The molecule has 0 spiro atoms. The summed E-state index contributed by atoms with van der Waals surface area (Å²) in [4.78, 5) is 11.6. The second-order valence-electron chi connectivity index (χ2n) is 3.90. The minimum atomic E-state index is -4.74. The van der Waals surface area contributed by atoms with Gasteiger partial charge in [-0.2, -0.15) is 0 Å². The summed E-state index contributed by atoms with van der Waals surface area (Å²) < 4.78 is 39.5. The van der Waals surface area contributed by atoms with Crippen LogP contribution in [0.15, 0.2) is 24.3 Å². The highest BCUT2D eigenvalue weighted by molar-refractivity contribution is 6.20. The largest absolute Gasteiger partial charge is 0.573 e. The molecule has 0 fully saturated rings. The first-order chi connectivity index (χ1) is 8.78. The average molecular weight is 296 g/mol. The van der Waals surface area contributed by atoms with E-state index >= 15 is 0 Å². The van der Waals surface area contributed by atoms with Crippen LogP contribution in [0.3, 0.4) is 0 Å². The Kier molecular flexibility index (Phi) is 5.47. The van der Waals surface area contributed by atoms with Gasteiger partial charge < -0.3 is 10.1 Å². The minimum absolute atomic E-state index is 0.0529. The van der Waals surface area contributed by atoms with Gasteiger partial charge in [-0.1, -0.05) is 0 Å². The molecule has 0 aliphatic heterocycles. The van der Waals surface area contributed by atoms with Gasteiger partial charge in [-0.15, -0.1) is 24.8 Å². The number of ether oxygens (including phenoxy) is 1. The molecule has 0 aliphatic rings. The third kappa shape index (κ3) is 6.33. The van der Waals surface area contributed by atoms with Crippen molar-refractivity contribution in [3.05, 3.63) is 29.8 Å². The zero-order valence-corrected chi connectivity index (χ0v) is 10.9. The lowest BCUT2D eigenvalue weighted by Gasteiger charge is -2.09. The van der Waals surface area contributed by atoms with E-state index in [4.69, 9.17) is 11.6 Å². The Morgan fingerprint density at radius 2 is 1.95 bits per heavy atom. The fourth-order valence-electron chi connectivity index (χ4n) is 1.29. The molecule has 1 aromatic rings. The number of hydrogen-bond donors (Lipinski definition) is 1. The van der Waals surface area contributed by atoms with Gasteiger partial charge in [0.2, 0.25) is 0 Å². The standard InChI is InChI=1S/C12H13ClF3NO2/c1-8(13)6-7-17-11(18)9-2-4-10(5-3-9)19-12(14,15)16/h2-5,8H,6-7H2,1H3,(H,17,18). The van der Waals surface area contributed by atoms with Crippen molar-refractivity contribution in [3.63, 3.8) is 0 Å². The van der Waals surface area contributed by atoms with E-state index in [9.17, 15) is 18.0 Å². The highest BCUT2D eigenvalue weighted by atomic mass is 35.5. The van der Waals surface area contributed by atoms with E-state index in [-0.39, 0.29) is 22.6 Å². The van der Waals surface area contributed by atoms with Gasteiger partial charge in [0.25, 0.3) is 5.91 Å². The Labute approximate surface area is 113 Å². The summed E-state index contributed by atoms with van der Waals surface area (Å²) in [6.45, 7) is 2.21. The molecule has 0 radical (unpaired) electrons. The monoisotopic (exact) mass is 295 g/mol. The second-order valence-corrected chi connectivity index (χ2v) is 4.64. The smallest absolute Gasteiger partial charge is 0.406 e. The molecule has 0 heterocycles. The highest BCUT2D eigenvalue weighted by Crippen LogP contribution is 2.22. The van der Waals surface area contributed by atoms with E-state index in [1.165, 1.54) is 12.1 Å². The van der Waals surface area contributed by atoms with E-state index in [0.29, 0.717) is 13.0 Å². The summed E-state index contributed by atoms with van der Waals surface area (Å²) in [7, 11) is 0. The van der Waals surface area contributed by atoms with Crippen LogP contribution < -0.4 is 10.1 Å². The van der Waals surface area contributed by atoms with Gasteiger partial charge in [0.1, 0.15) is 5.75 Å². The molecule has 0 saturated carbocycles. The molecule has 1 aromatic carbocycles. The van der Waals surface area contributed by atoms with Crippen molar-refractivity contribution in [1.82, 2.24) is 5.32 Å². The van der Waals surface area contributed by atoms with Crippen molar-refractivity contribution in [2.45, 2.75) is 25.1 Å². The summed E-state index contributed by atoms with van der Waals surface area (Å²) in [6, 6.07) is 4.71. The number of benzene rings is 1. The number of amides is 1. The molecule has 1 N–H and O–H groups in total. The number of carbonyl (C=O) groups excluding carboxylic acids is 1. The predicted octanol–water partition coefficient (Wildman–Crippen LogP) is 3.33. The molecule has 1 atom stereocenters. The van der Waals surface area contributed by atoms with Crippen molar-refractivity contribution in [3.8, 4) is 5.75 Å². The summed E-state index contributed by atoms with van der Waals surface area (Å²) in [5.74, 6) is -0.727. The molecule has 0 aromatic heterocycles. The van der Waals surface area contributed by atoms with Gasteiger partial charge in [-0.25, -0.2) is 0 Å². The Morgan fingerprint density at radius 1 is 1.37 bits per heavy atom. The number of carbonyl (C=O) groups is 1. The summed E-state index contributed by atoms with van der Waals surface area (Å²) in [5, 5.41) is 2.56. The van der Waals surface area contributed by atoms with Crippen molar-refractivity contribution in [2.24, 2.45) is 0 Å². The lowest BCUT2D eigenvalue weighted by atomic mass is 10.2. The normalized spacial score (nSPS) is 12.9. The van der Waals surface area contributed by atoms with Crippen LogP contribution in [-0.4, -0.2) is 24.2 Å². The zero-order chi connectivity index (χ0) is 14.5. The third-order valence-corrected chi connectivity index (χ3v) is 2.40. The van der Waals surface area contributed by atoms with E-state index < -0.39 is 6.36 Å². The maximum absolute atomic E-state index is 11.9. The van der Waals surface area contributed by atoms with Crippen LogP contribution >= 0.6 is 11.6 Å². The molecular weight excluding hydrogens is 283 g/mol. The first-order valence-electron chi connectivity index (χ1n) is 5.56. The van der Waals surface area contributed by atoms with Gasteiger partial charge in [-0.05, 0) is 37.6 Å². The lowest BCUT2D eigenvalue weighted by Crippen LogP contribution is -2.25. The molecule has 0 saturated heterocycles. The Morgan fingerprint density at radius 3 is 2.42 bits per heavy atom. The van der Waals surface area contributed by atoms with Crippen LogP contribution in [0.5, 0.6) is 5.75 Å². The quantitative estimate of drug-likeness (QED) is 0.846. The van der Waals surface area contributed by atoms with Crippen LogP contribution in [0.1, 0.15) is 23.7 Å². The summed E-state index contributed by atoms with van der Waals surface area (Å²) in [6.07, 6.45) is -4.12. The van der Waals surface area contributed by atoms with Gasteiger partial charge in [0.15, 0.2) is 0 Å². The van der Waals surface area contributed by atoms with Gasteiger partial charge in [-0.3, -0.25) is 4.79 Å². The predicted molar refractivity (Wildman–Crippen MR) is 65.4 cm³/mol. The number of rotatable bonds is 5. The van der Waals surface area contributed by atoms with E-state index in [2.05, 4.69) is 10.1 Å². The van der Waals surface area contributed by atoms with E-state index in [1.807, 2.05) is 0 Å². The first kappa shape index (κ1) is 15.6. The highest BCUT2D eigenvalue weighted by Gasteiger charge is 2.31. The molecule has 0 bridgehead atoms. The first-order valence-corrected chi connectivity index (χ1v) is 5.99. The Hall–Kier alpha value is -1.43. The van der Waals surface area contributed by atoms with Crippen LogP contribution in [-0.2, 0) is 0 Å². The third-order valence-electron chi connectivity index (χ3n) is 2.18. The van der Waals surface area contributed by atoms with E-state index in [0.717, 1.165) is 12.1 Å². The number of alkyl halides is 4. The van der Waals surface area contributed by atoms with Crippen molar-refractivity contribution < 1.29 is 22.7 Å². The SMILES string of the molecule is CC(Cl)CCNC(=O)c1ccc(OC(F)(F)F)cc1. The Balaban J connectivity index is 2.53. The molecule has 0 aliphatic carbocycles. The van der Waals surface area contributed by atoms with Crippen molar-refractivity contribution in [1.29, 1.82) is 0 Å². The van der Waals surface area contributed by atoms with Crippen molar-refractivity contribution in [2.75, 3.05) is 6.54 Å². The molecule has 7 heteroatoms. The van der Waals surface area contributed by atoms with Gasteiger partial charge in [0, 0.05) is 17.5 Å². The number of nitrogens with one attached hydrogen (secondary N) is 1. The summed E-state index contributed by atoms with van der Waals surface area (Å²) >= 11 is 5.72. The number of hydrogen-bond acceptors (Lipinski definition) is 2. The molecular formula is C12H13ClF3NO2. The van der Waals surface area contributed by atoms with E-state index in [1.54, 1.807) is 6.92 Å². The molecule has 19 heavy (non-hydrogen) atoms. The number of halogens is 4. The Bertz CT molecular complexity index is 418. The van der Waals surface area contributed by atoms with Crippen LogP contribution in [0, 0.1) is 0 Å². The fraction of sp³-hybridized carbons (Fsp3) is 0.417. The topological polar surface area (TPSA) is 38.3 Å². The fourth-order valence-corrected chi connectivity index (χ4v) is 1.40. The maximum Gasteiger partial charge on any atom is 0.573 e. The lowest BCUT2D eigenvalue weighted by molar-refractivity contribution is -0.274. The van der Waals surface area contributed by atoms with Crippen LogP contribution in [0.4, 0.5) is 13.2 Å². The molecule has 3 nitrogen and oxygen atoms in total. The molecule has 1 amide bonds. The van der Waals surface area contributed by atoms with Crippen LogP contribution in [0.25, 0.3) is 0 Å². The maximum atomic E-state index is 11.9. The zero-order valence-electron chi connectivity index (χ0n) is 10.1. The second kappa shape index (κ2) is 6.65. The molecule has 1 rings (SSSR count). The van der Waals surface area contributed by atoms with Gasteiger partial charge in [0.05, 0.1) is 0 Å². The van der Waals surface area contributed by atoms with Crippen molar-refractivity contribution >= 4 is 17.5 Å². The molecule has 106 valence electrons. The minimum Gasteiger partial charge on any atom is -0.406 e. The average Bonchev–Trinajstić information content (AvgIpc) is 2.27.